The molecule has 5 nitrogen and oxygen atoms in total. The first kappa shape index (κ1) is 14.0. The van der Waals surface area contributed by atoms with Crippen LogP contribution in [0.25, 0.3) is 0 Å². The Bertz CT molecular complexity index is 465. The molecule has 0 aliphatic carbocycles. The van der Waals surface area contributed by atoms with Crippen molar-refractivity contribution in [2.24, 2.45) is 0 Å². The first-order valence-corrected chi connectivity index (χ1v) is 5.49. The molecule has 0 heterocycles. The summed E-state index contributed by atoms with van der Waals surface area (Å²) >= 11 is 0. The standard InChI is InChI=1S/C13H16O5/c1-5-18-13(15)12(14)11-8(2)9(16-3)6-7-10(11)17-4/h6-7H,5H2,1-4H3. The van der Waals surface area contributed by atoms with E-state index in [0.29, 0.717) is 17.1 Å². The number of benzene rings is 1. The maximum Gasteiger partial charge on any atom is 0.379 e. The van der Waals surface area contributed by atoms with Crippen LogP contribution < -0.4 is 9.47 Å². The van der Waals surface area contributed by atoms with Crippen LogP contribution in [0.4, 0.5) is 0 Å². The molecule has 1 aromatic rings. The largest absolute Gasteiger partial charge is 0.496 e. The van der Waals surface area contributed by atoms with E-state index in [9.17, 15) is 9.59 Å². The van der Waals surface area contributed by atoms with Gasteiger partial charge in [0.2, 0.25) is 0 Å². The molecule has 0 bridgehead atoms. The molecule has 0 spiro atoms. The molecule has 0 N–H and O–H groups in total. The summed E-state index contributed by atoms with van der Waals surface area (Å²) in [5.74, 6) is -0.785. The second kappa shape index (κ2) is 6.05. The van der Waals surface area contributed by atoms with Gasteiger partial charge in [-0.05, 0) is 26.0 Å². The van der Waals surface area contributed by atoms with Gasteiger partial charge >= 0.3 is 5.97 Å². The molecule has 0 fully saturated rings. The molecule has 0 aromatic heterocycles. The van der Waals surface area contributed by atoms with Crippen molar-refractivity contribution >= 4 is 11.8 Å². The van der Waals surface area contributed by atoms with Crippen LogP contribution in [0.2, 0.25) is 0 Å². The Morgan fingerprint density at radius 1 is 1.11 bits per heavy atom. The van der Waals surface area contributed by atoms with E-state index >= 15 is 0 Å². The third-order valence-electron chi connectivity index (χ3n) is 2.50. The van der Waals surface area contributed by atoms with E-state index < -0.39 is 11.8 Å². The van der Waals surface area contributed by atoms with Crippen LogP contribution in [0.3, 0.4) is 0 Å². The van der Waals surface area contributed by atoms with Gasteiger partial charge in [-0.15, -0.1) is 0 Å². The number of Topliss-reactive ketones (excluding diaryl/α,β-unsaturated/α-hetero) is 1. The van der Waals surface area contributed by atoms with E-state index in [1.165, 1.54) is 14.2 Å². The first-order chi connectivity index (χ1) is 8.56. The molecule has 18 heavy (non-hydrogen) atoms. The highest BCUT2D eigenvalue weighted by molar-refractivity contribution is 6.41. The molecule has 0 radical (unpaired) electrons. The zero-order valence-electron chi connectivity index (χ0n) is 10.9. The van der Waals surface area contributed by atoms with Gasteiger partial charge in [0.25, 0.3) is 5.78 Å². The summed E-state index contributed by atoms with van der Waals surface area (Å²) in [6, 6.07) is 3.26. The molecular formula is C13H16O5. The topological polar surface area (TPSA) is 61.8 Å². The van der Waals surface area contributed by atoms with Crippen molar-refractivity contribution in [3.8, 4) is 11.5 Å². The van der Waals surface area contributed by atoms with Gasteiger partial charge < -0.3 is 14.2 Å². The summed E-state index contributed by atoms with van der Waals surface area (Å²) in [4.78, 5) is 23.5. The van der Waals surface area contributed by atoms with Crippen molar-refractivity contribution in [3.05, 3.63) is 23.3 Å². The molecular weight excluding hydrogens is 236 g/mol. The maximum absolute atomic E-state index is 12.0. The van der Waals surface area contributed by atoms with E-state index in [2.05, 4.69) is 0 Å². The minimum absolute atomic E-state index is 0.149. The summed E-state index contributed by atoms with van der Waals surface area (Å²) in [6.45, 7) is 3.48. The number of ketones is 1. The van der Waals surface area contributed by atoms with Crippen molar-refractivity contribution < 1.29 is 23.8 Å². The van der Waals surface area contributed by atoms with Crippen LogP contribution in [0.15, 0.2) is 12.1 Å². The average Bonchev–Trinajstić information content (AvgIpc) is 2.37. The molecule has 5 heteroatoms. The summed E-state index contributed by atoms with van der Waals surface area (Å²) in [7, 11) is 2.93. The summed E-state index contributed by atoms with van der Waals surface area (Å²) in [5, 5.41) is 0. The van der Waals surface area contributed by atoms with Gasteiger partial charge in [-0.1, -0.05) is 0 Å². The minimum Gasteiger partial charge on any atom is -0.496 e. The van der Waals surface area contributed by atoms with Crippen molar-refractivity contribution in [2.75, 3.05) is 20.8 Å². The van der Waals surface area contributed by atoms with Gasteiger partial charge in [-0.25, -0.2) is 4.79 Å². The van der Waals surface area contributed by atoms with Crippen LogP contribution in [-0.2, 0) is 9.53 Å². The van der Waals surface area contributed by atoms with E-state index in [0.717, 1.165) is 0 Å². The van der Waals surface area contributed by atoms with Crippen LogP contribution >= 0.6 is 0 Å². The summed E-state index contributed by atoms with van der Waals surface area (Å²) in [5.41, 5.74) is 0.727. The normalized spacial score (nSPS) is 9.78. The molecule has 0 aliphatic heterocycles. The third-order valence-corrected chi connectivity index (χ3v) is 2.50. The molecule has 0 unspecified atom stereocenters. The van der Waals surface area contributed by atoms with Crippen LogP contribution in [0.5, 0.6) is 11.5 Å². The van der Waals surface area contributed by atoms with Crippen molar-refractivity contribution in [3.63, 3.8) is 0 Å². The van der Waals surface area contributed by atoms with Gasteiger partial charge in [0.05, 0.1) is 26.4 Å². The Labute approximate surface area is 106 Å². The maximum atomic E-state index is 12.0. The number of rotatable bonds is 5. The van der Waals surface area contributed by atoms with Crippen molar-refractivity contribution in [1.82, 2.24) is 0 Å². The monoisotopic (exact) mass is 252 g/mol. The SMILES string of the molecule is CCOC(=O)C(=O)c1c(OC)ccc(OC)c1C. The number of esters is 1. The molecule has 0 saturated heterocycles. The quantitative estimate of drug-likeness (QED) is 0.454. The second-order valence-electron chi connectivity index (χ2n) is 3.52. The Balaban J connectivity index is 3.28. The Morgan fingerprint density at radius 3 is 2.17 bits per heavy atom. The lowest BCUT2D eigenvalue weighted by Crippen LogP contribution is -2.19. The van der Waals surface area contributed by atoms with E-state index in [-0.39, 0.29) is 12.2 Å². The Morgan fingerprint density at radius 2 is 1.67 bits per heavy atom. The zero-order chi connectivity index (χ0) is 13.7. The molecule has 1 rings (SSSR count). The highest BCUT2D eigenvalue weighted by Crippen LogP contribution is 2.30. The van der Waals surface area contributed by atoms with E-state index in [1.807, 2.05) is 0 Å². The Hall–Kier alpha value is -2.04. The van der Waals surface area contributed by atoms with Gasteiger partial charge in [0.15, 0.2) is 0 Å². The van der Waals surface area contributed by atoms with Gasteiger partial charge in [-0.2, -0.15) is 0 Å². The number of methoxy groups -OCH3 is 2. The van der Waals surface area contributed by atoms with Crippen molar-refractivity contribution in [1.29, 1.82) is 0 Å². The molecule has 0 aliphatic rings. The Kier molecular flexibility index (Phi) is 4.71. The highest BCUT2D eigenvalue weighted by Gasteiger charge is 2.25. The number of ether oxygens (including phenoxy) is 3. The molecule has 1 aromatic carbocycles. The molecule has 98 valence electrons. The fourth-order valence-electron chi connectivity index (χ4n) is 1.64. The first-order valence-electron chi connectivity index (χ1n) is 5.49. The highest BCUT2D eigenvalue weighted by atomic mass is 16.5. The van der Waals surface area contributed by atoms with Crippen molar-refractivity contribution in [2.45, 2.75) is 13.8 Å². The lowest BCUT2D eigenvalue weighted by Gasteiger charge is -2.13. The number of carbonyl (C=O) groups is 2. The summed E-state index contributed by atoms with van der Waals surface area (Å²) < 4.78 is 14.9. The number of carbonyl (C=O) groups excluding carboxylic acids is 2. The molecule has 0 saturated carbocycles. The lowest BCUT2D eigenvalue weighted by atomic mass is 10.0. The minimum atomic E-state index is -0.896. The fraction of sp³-hybridized carbons (Fsp3) is 0.385. The van der Waals surface area contributed by atoms with Gasteiger partial charge in [0.1, 0.15) is 11.5 Å². The van der Waals surface area contributed by atoms with E-state index in [4.69, 9.17) is 14.2 Å². The van der Waals surface area contributed by atoms with Crippen LogP contribution in [-0.4, -0.2) is 32.6 Å². The van der Waals surface area contributed by atoms with E-state index in [1.54, 1.807) is 26.0 Å². The van der Waals surface area contributed by atoms with Gasteiger partial charge in [0, 0.05) is 5.56 Å². The predicted octanol–water partition coefficient (Wildman–Crippen LogP) is 1.76. The smallest absolute Gasteiger partial charge is 0.379 e. The fourth-order valence-corrected chi connectivity index (χ4v) is 1.64. The second-order valence-corrected chi connectivity index (χ2v) is 3.52. The van der Waals surface area contributed by atoms with Crippen LogP contribution in [0, 0.1) is 6.92 Å². The molecule has 0 amide bonds. The van der Waals surface area contributed by atoms with Crippen LogP contribution in [0.1, 0.15) is 22.8 Å². The van der Waals surface area contributed by atoms with Gasteiger partial charge in [-0.3, -0.25) is 4.79 Å². The predicted molar refractivity (Wildman–Crippen MR) is 65.2 cm³/mol. The summed E-state index contributed by atoms with van der Waals surface area (Å²) in [6.07, 6.45) is 0. The molecule has 0 atom stereocenters. The third kappa shape index (κ3) is 2.61. The average molecular weight is 252 g/mol. The number of hydrogen-bond acceptors (Lipinski definition) is 5. The number of hydrogen-bond donors (Lipinski definition) is 0. The zero-order valence-corrected chi connectivity index (χ0v) is 10.9. The lowest BCUT2D eigenvalue weighted by molar-refractivity contribution is -0.137.